The molecule has 0 amide bonds. The molecule has 4 aromatic rings. The fraction of sp³-hybridized carbons (Fsp3) is 0.472. The molecule has 0 saturated heterocycles. The third-order valence-electron chi connectivity index (χ3n) is 11.8. The van der Waals surface area contributed by atoms with E-state index in [4.69, 9.17) is 0 Å². The van der Waals surface area contributed by atoms with Crippen LogP contribution in [0, 0.1) is 5.41 Å². The highest BCUT2D eigenvalue weighted by atomic mass is 15.2. The molecule has 2 aliphatic rings. The first-order chi connectivity index (χ1) is 18.0. The van der Waals surface area contributed by atoms with Crippen molar-refractivity contribution in [2.45, 2.75) is 104 Å². The smallest absolute Gasteiger partial charge is 0.216 e. The fourth-order valence-electron chi connectivity index (χ4n) is 8.39. The molecule has 38 heavy (non-hydrogen) atoms. The average molecular weight is 506 g/mol. The molecule has 0 fully saturated rings. The van der Waals surface area contributed by atoms with Gasteiger partial charge in [0.25, 0.3) is 5.82 Å². The van der Waals surface area contributed by atoms with E-state index in [2.05, 4.69) is 138 Å². The summed E-state index contributed by atoms with van der Waals surface area (Å²) in [4.78, 5) is 0. The van der Waals surface area contributed by atoms with Gasteiger partial charge in [-0.3, -0.25) is 0 Å². The van der Waals surface area contributed by atoms with E-state index in [0.29, 0.717) is 5.92 Å². The lowest BCUT2D eigenvalue weighted by molar-refractivity contribution is -0.740. The summed E-state index contributed by atoms with van der Waals surface area (Å²) in [5.41, 5.74) is 10.2. The molecule has 198 valence electrons. The van der Waals surface area contributed by atoms with Crippen LogP contribution in [-0.2, 0) is 16.4 Å². The fourth-order valence-corrected chi connectivity index (χ4v) is 8.39. The van der Waals surface area contributed by atoms with E-state index in [1.54, 1.807) is 0 Å². The third kappa shape index (κ3) is 2.82. The predicted molar refractivity (Wildman–Crippen MR) is 160 cm³/mol. The summed E-state index contributed by atoms with van der Waals surface area (Å²) in [5.74, 6) is 1.82. The summed E-state index contributed by atoms with van der Waals surface area (Å²) in [7, 11) is 0. The quantitative estimate of drug-likeness (QED) is 0.244. The van der Waals surface area contributed by atoms with Crippen LogP contribution in [-0.4, -0.2) is 4.57 Å². The van der Waals surface area contributed by atoms with Crippen LogP contribution in [0.15, 0.2) is 66.7 Å². The number of imidazole rings is 1. The van der Waals surface area contributed by atoms with Crippen LogP contribution >= 0.6 is 0 Å². The largest absolute Gasteiger partial charge is 0.295 e. The number of aromatic nitrogens is 2. The number of hydrogen-bond donors (Lipinski definition) is 0. The van der Waals surface area contributed by atoms with Crippen molar-refractivity contribution in [1.82, 2.24) is 4.57 Å². The van der Waals surface area contributed by atoms with E-state index in [1.807, 2.05) is 0 Å². The van der Waals surface area contributed by atoms with Crippen molar-refractivity contribution in [2.75, 3.05) is 0 Å². The minimum atomic E-state index is 0.0265. The normalized spacial score (nSPS) is 21.7. The van der Waals surface area contributed by atoms with E-state index < -0.39 is 0 Å². The Labute approximate surface area is 229 Å². The van der Waals surface area contributed by atoms with Crippen molar-refractivity contribution >= 4 is 11.0 Å². The zero-order valence-corrected chi connectivity index (χ0v) is 24.9. The van der Waals surface area contributed by atoms with Crippen LogP contribution in [0.5, 0.6) is 0 Å². The molecular formula is C36H45N2+. The Morgan fingerprint density at radius 1 is 0.737 bits per heavy atom. The van der Waals surface area contributed by atoms with Crippen LogP contribution in [0.2, 0.25) is 0 Å². The standard InChI is InChI=1S/C36H45N2/c1-10-27-25-20-16-17-21-26(25)32-37(24-18-14-13-15-19-24)30-22-28-29(34(6,7)35(8,9)33(28,4)5)23-31(30)38(32)36(27,11-2)12-3/h13-23,27H,10-12H2,1-9H3/q+1. The van der Waals surface area contributed by atoms with Gasteiger partial charge >= 0.3 is 0 Å². The SMILES string of the molecule is CCC1c2ccccc2-c2n(-c3ccccc3)c3cc4c(cc3[n+]2C1(CC)CC)C(C)(C)C(C)(C)C4(C)C. The summed E-state index contributed by atoms with van der Waals surface area (Å²) < 4.78 is 5.37. The van der Waals surface area contributed by atoms with Gasteiger partial charge in [0.1, 0.15) is 11.2 Å². The van der Waals surface area contributed by atoms with Crippen molar-refractivity contribution in [3.8, 4) is 17.1 Å². The van der Waals surface area contributed by atoms with Gasteiger partial charge in [0.15, 0.2) is 11.0 Å². The molecule has 0 spiro atoms. The topological polar surface area (TPSA) is 8.81 Å². The van der Waals surface area contributed by atoms with E-state index in [0.717, 1.165) is 19.3 Å². The molecule has 0 saturated carbocycles. The number of para-hydroxylation sites is 1. The summed E-state index contributed by atoms with van der Waals surface area (Å²) in [6.07, 6.45) is 3.36. The summed E-state index contributed by atoms with van der Waals surface area (Å²) in [5, 5.41) is 0. The molecule has 0 N–H and O–H groups in total. The van der Waals surface area contributed by atoms with Gasteiger partial charge in [-0.25, -0.2) is 4.57 Å². The molecule has 3 aromatic carbocycles. The van der Waals surface area contributed by atoms with Gasteiger partial charge in [0.2, 0.25) is 0 Å². The Morgan fingerprint density at radius 2 is 1.32 bits per heavy atom. The Balaban J connectivity index is 1.86. The minimum absolute atomic E-state index is 0.0265. The zero-order chi connectivity index (χ0) is 27.3. The average Bonchev–Trinajstić information content (AvgIpc) is 3.30. The first kappa shape index (κ1) is 25.4. The Hall–Kier alpha value is -2.87. The molecule has 1 unspecified atom stereocenters. The van der Waals surface area contributed by atoms with Gasteiger partial charge < -0.3 is 0 Å². The van der Waals surface area contributed by atoms with Gasteiger partial charge in [-0.2, -0.15) is 4.57 Å². The molecule has 0 radical (unpaired) electrons. The van der Waals surface area contributed by atoms with Gasteiger partial charge in [0.05, 0.1) is 5.56 Å². The molecule has 1 aromatic heterocycles. The Morgan fingerprint density at radius 3 is 1.92 bits per heavy atom. The summed E-state index contributed by atoms with van der Waals surface area (Å²) >= 11 is 0. The summed E-state index contributed by atoms with van der Waals surface area (Å²) in [6.45, 7) is 22.0. The lowest BCUT2D eigenvalue weighted by Gasteiger charge is -2.44. The second-order valence-electron chi connectivity index (χ2n) is 13.5. The molecule has 1 aliphatic heterocycles. The lowest BCUT2D eigenvalue weighted by Crippen LogP contribution is -2.62. The number of hydrogen-bond acceptors (Lipinski definition) is 0. The van der Waals surface area contributed by atoms with Crippen molar-refractivity contribution in [3.05, 3.63) is 83.4 Å². The molecule has 2 heteroatoms. The van der Waals surface area contributed by atoms with Gasteiger partial charge in [-0.05, 0) is 82.5 Å². The monoisotopic (exact) mass is 505 g/mol. The maximum Gasteiger partial charge on any atom is 0.295 e. The maximum absolute atomic E-state index is 2.79. The van der Waals surface area contributed by atoms with E-state index in [9.17, 15) is 0 Å². The van der Waals surface area contributed by atoms with Crippen LogP contribution in [0.4, 0.5) is 0 Å². The van der Waals surface area contributed by atoms with Crippen LogP contribution < -0.4 is 4.57 Å². The van der Waals surface area contributed by atoms with E-state index in [-0.39, 0.29) is 21.8 Å². The molecular weight excluding hydrogens is 460 g/mol. The highest BCUT2D eigenvalue weighted by molar-refractivity contribution is 5.83. The molecule has 2 nitrogen and oxygen atoms in total. The second-order valence-corrected chi connectivity index (χ2v) is 13.5. The Bertz CT molecular complexity index is 1540. The molecule has 6 rings (SSSR count). The van der Waals surface area contributed by atoms with Crippen LogP contribution in [0.25, 0.3) is 28.1 Å². The van der Waals surface area contributed by atoms with E-state index >= 15 is 0 Å². The lowest BCUT2D eigenvalue weighted by atomic mass is 9.59. The maximum atomic E-state index is 2.79. The third-order valence-corrected chi connectivity index (χ3v) is 11.8. The second kappa shape index (κ2) is 8.07. The zero-order valence-electron chi connectivity index (χ0n) is 24.9. The number of fused-ring (bicyclic) bond motifs is 6. The van der Waals surface area contributed by atoms with Crippen molar-refractivity contribution in [1.29, 1.82) is 0 Å². The van der Waals surface area contributed by atoms with Crippen molar-refractivity contribution in [2.24, 2.45) is 5.41 Å². The molecule has 0 bridgehead atoms. The summed E-state index contributed by atoms with van der Waals surface area (Å²) in [6, 6.07) is 25.4. The van der Waals surface area contributed by atoms with Crippen LogP contribution in [0.1, 0.15) is 104 Å². The predicted octanol–water partition coefficient (Wildman–Crippen LogP) is 9.20. The molecule has 1 atom stereocenters. The Kier molecular flexibility index (Phi) is 5.40. The van der Waals surface area contributed by atoms with Gasteiger partial charge in [-0.1, -0.05) is 98.7 Å². The van der Waals surface area contributed by atoms with Gasteiger partial charge in [0, 0.05) is 5.92 Å². The molecule has 2 heterocycles. The highest BCUT2D eigenvalue weighted by Gasteiger charge is 2.58. The van der Waals surface area contributed by atoms with Crippen LogP contribution in [0.3, 0.4) is 0 Å². The minimum Gasteiger partial charge on any atom is -0.216 e. The van der Waals surface area contributed by atoms with Gasteiger partial charge in [-0.15, -0.1) is 0 Å². The number of rotatable bonds is 4. The first-order valence-electron chi connectivity index (χ1n) is 14.8. The first-order valence-corrected chi connectivity index (χ1v) is 14.8. The number of nitrogens with zero attached hydrogens (tertiary/aromatic N) is 2. The highest BCUT2D eigenvalue weighted by Crippen LogP contribution is 2.62. The van der Waals surface area contributed by atoms with E-state index in [1.165, 1.54) is 44.8 Å². The molecule has 1 aliphatic carbocycles. The number of benzene rings is 3. The van der Waals surface area contributed by atoms with Crippen molar-refractivity contribution in [3.63, 3.8) is 0 Å². The van der Waals surface area contributed by atoms with Crippen molar-refractivity contribution < 1.29 is 4.57 Å².